The summed E-state index contributed by atoms with van der Waals surface area (Å²) in [6.07, 6.45) is 0. The lowest BCUT2D eigenvalue weighted by molar-refractivity contribution is -0.144. The molecule has 0 aliphatic carbocycles. The predicted octanol–water partition coefficient (Wildman–Crippen LogP) is 1.52. The van der Waals surface area contributed by atoms with Crippen LogP contribution in [-0.2, 0) is 28.7 Å². The number of esters is 2. The van der Waals surface area contributed by atoms with Crippen LogP contribution in [0.25, 0.3) is 0 Å². The largest absolute Gasteiger partial charge is 0.497 e. The van der Waals surface area contributed by atoms with Gasteiger partial charge in [0.05, 0.1) is 25.9 Å². The van der Waals surface area contributed by atoms with Crippen molar-refractivity contribution < 1.29 is 33.4 Å². The number of carbonyl (C=O) groups excluding carboxylic acids is 4. The summed E-state index contributed by atoms with van der Waals surface area (Å²) >= 11 is 2.81. The molecule has 0 spiro atoms. The van der Waals surface area contributed by atoms with Crippen molar-refractivity contribution in [3.8, 4) is 5.75 Å². The van der Waals surface area contributed by atoms with Gasteiger partial charge in [-0.3, -0.25) is 9.59 Å². The number of carbonyl (C=O) groups is 4. The number of ether oxygens (including phenoxy) is 3. The van der Waals surface area contributed by atoms with E-state index in [0.29, 0.717) is 5.75 Å². The van der Waals surface area contributed by atoms with Crippen LogP contribution in [0.4, 0.5) is 0 Å². The first-order valence-corrected chi connectivity index (χ1v) is 11.4. The van der Waals surface area contributed by atoms with Gasteiger partial charge in [-0.05, 0) is 17.7 Å². The second-order valence-corrected chi connectivity index (χ2v) is 8.90. The van der Waals surface area contributed by atoms with Crippen LogP contribution in [0.15, 0.2) is 24.3 Å². The van der Waals surface area contributed by atoms with E-state index in [0.717, 1.165) is 5.56 Å². The number of thioether (sulfide) groups is 2. The number of hydrogen-bond acceptors (Lipinski definition) is 9. The highest BCUT2D eigenvalue weighted by molar-refractivity contribution is 8.16. The number of nitrogens with one attached hydrogen (secondary N) is 2. The monoisotopic (exact) mass is 472 g/mol. The first-order chi connectivity index (χ1) is 14.7. The van der Waals surface area contributed by atoms with Gasteiger partial charge >= 0.3 is 11.9 Å². The quantitative estimate of drug-likeness (QED) is 0.344. The van der Waals surface area contributed by atoms with Crippen LogP contribution in [0.2, 0.25) is 0 Å². The van der Waals surface area contributed by atoms with Crippen molar-refractivity contribution in [1.29, 1.82) is 0 Å². The second-order valence-electron chi connectivity index (χ2n) is 6.32. The smallest absolute Gasteiger partial charge is 0.329 e. The lowest BCUT2D eigenvalue weighted by atomic mass is 10.2. The first-order valence-electron chi connectivity index (χ1n) is 9.28. The topological polar surface area (TPSA) is 120 Å². The minimum atomic E-state index is -0.819. The summed E-state index contributed by atoms with van der Waals surface area (Å²) in [7, 11) is 4.08. The maximum Gasteiger partial charge on any atom is 0.329 e. The fraction of sp³-hybridized carbons (Fsp3) is 0.500. The predicted molar refractivity (Wildman–Crippen MR) is 120 cm³/mol. The van der Waals surface area contributed by atoms with E-state index in [4.69, 9.17) is 14.2 Å². The van der Waals surface area contributed by atoms with E-state index >= 15 is 0 Å². The van der Waals surface area contributed by atoms with Crippen LogP contribution >= 0.6 is 23.5 Å². The molecular weight excluding hydrogens is 444 g/mol. The van der Waals surface area contributed by atoms with Gasteiger partial charge in [0, 0.05) is 25.4 Å². The van der Waals surface area contributed by atoms with Gasteiger partial charge in [-0.1, -0.05) is 12.1 Å². The molecule has 0 radical (unpaired) electrons. The Labute approximate surface area is 190 Å². The van der Waals surface area contributed by atoms with Crippen LogP contribution in [0.5, 0.6) is 5.75 Å². The molecule has 172 valence electrons. The van der Waals surface area contributed by atoms with E-state index in [2.05, 4.69) is 10.6 Å². The van der Waals surface area contributed by atoms with Gasteiger partial charge < -0.3 is 24.8 Å². The number of hydrogen-bond donors (Lipinski definition) is 2. The third-order valence-corrected chi connectivity index (χ3v) is 6.96. The van der Waals surface area contributed by atoms with E-state index in [1.807, 2.05) is 12.1 Å². The van der Waals surface area contributed by atoms with E-state index in [9.17, 15) is 19.2 Å². The van der Waals surface area contributed by atoms with Crippen LogP contribution < -0.4 is 15.4 Å². The molecule has 2 amide bonds. The zero-order chi connectivity index (χ0) is 23.4. The molecule has 11 heteroatoms. The van der Waals surface area contributed by atoms with Crippen molar-refractivity contribution >= 4 is 47.3 Å². The molecule has 0 unspecified atom stereocenters. The van der Waals surface area contributed by atoms with Gasteiger partial charge in [0.2, 0.25) is 11.8 Å². The molecule has 0 bridgehead atoms. The molecule has 0 aromatic heterocycles. The molecule has 1 rings (SSSR count). The summed E-state index contributed by atoms with van der Waals surface area (Å²) in [4.78, 5) is 46.9. The van der Waals surface area contributed by atoms with Gasteiger partial charge in [0.15, 0.2) is 0 Å². The molecule has 0 heterocycles. The Kier molecular flexibility index (Phi) is 11.9. The lowest BCUT2D eigenvalue weighted by Gasteiger charge is -2.23. The van der Waals surface area contributed by atoms with Crippen molar-refractivity contribution in [3.63, 3.8) is 0 Å². The Bertz CT molecular complexity index is 718. The summed E-state index contributed by atoms with van der Waals surface area (Å²) in [6.45, 7) is 2.65. The maximum atomic E-state index is 12.0. The Morgan fingerprint density at radius 3 is 1.55 bits per heavy atom. The van der Waals surface area contributed by atoms with Crippen molar-refractivity contribution in [1.82, 2.24) is 10.6 Å². The van der Waals surface area contributed by atoms with E-state index in [1.54, 1.807) is 19.2 Å². The second kappa shape index (κ2) is 13.8. The number of amides is 2. The van der Waals surface area contributed by atoms with Crippen LogP contribution in [-0.4, -0.2) is 68.7 Å². The van der Waals surface area contributed by atoms with Crippen molar-refractivity contribution in [2.75, 3.05) is 32.8 Å². The van der Waals surface area contributed by atoms with Crippen molar-refractivity contribution in [2.45, 2.75) is 30.5 Å². The Morgan fingerprint density at radius 2 is 1.23 bits per heavy atom. The van der Waals surface area contributed by atoms with E-state index in [1.165, 1.54) is 51.6 Å². The third kappa shape index (κ3) is 9.52. The molecule has 0 saturated carbocycles. The molecule has 0 aliphatic heterocycles. The average molecular weight is 473 g/mol. The number of methoxy groups -OCH3 is 3. The zero-order valence-corrected chi connectivity index (χ0v) is 19.8. The molecular formula is C20H28N2O7S2. The standard InChI is InChI=1S/C20H28N2O7S2/c1-12(23)21-16(18(25)28-4)10-30-20(14-6-8-15(27-3)9-7-14)31-11-17(19(26)29-5)22-13(2)24/h6-9,16-17,20H,10-11H2,1-5H3,(H,21,23)(H,22,24)/t16-,17-/m0/s1. The highest BCUT2D eigenvalue weighted by atomic mass is 32.2. The van der Waals surface area contributed by atoms with Gasteiger partial charge in [0.1, 0.15) is 17.8 Å². The minimum absolute atomic E-state index is 0.215. The summed E-state index contributed by atoms with van der Waals surface area (Å²) in [5.41, 5.74) is 0.911. The molecule has 2 atom stereocenters. The Hall–Kier alpha value is -2.40. The first kappa shape index (κ1) is 26.6. The van der Waals surface area contributed by atoms with Crippen LogP contribution in [0.1, 0.15) is 24.0 Å². The van der Waals surface area contributed by atoms with E-state index < -0.39 is 24.0 Å². The van der Waals surface area contributed by atoms with Crippen LogP contribution in [0.3, 0.4) is 0 Å². The molecule has 0 aliphatic rings. The SMILES string of the molecule is COC(=O)[C@H](CSC(SC[C@H](NC(C)=O)C(=O)OC)c1ccc(OC)cc1)NC(C)=O. The fourth-order valence-electron chi connectivity index (χ4n) is 2.48. The summed E-state index contributed by atoms with van der Waals surface area (Å²) < 4.78 is 14.5. The molecule has 2 N–H and O–H groups in total. The lowest BCUT2D eigenvalue weighted by Crippen LogP contribution is -2.43. The highest BCUT2D eigenvalue weighted by Crippen LogP contribution is 2.40. The third-order valence-electron chi connectivity index (χ3n) is 3.94. The van der Waals surface area contributed by atoms with Crippen molar-refractivity contribution in [2.24, 2.45) is 0 Å². The van der Waals surface area contributed by atoms with Gasteiger partial charge in [0.25, 0.3) is 0 Å². The fourth-order valence-corrected chi connectivity index (χ4v) is 5.21. The average Bonchev–Trinajstić information content (AvgIpc) is 2.75. The van der Waals surface area contributed by atoms with Crippen molar-refractivity contribution in [3.05, 3.63) is 29.8 Å². The summed E-state index contributed by atoms with van der Waals surface area (Å²) in [5.74, 6) is -0.604. The number of benzene rings is 1. The highest BCUT2D eigenvalue weighted by Gasteiger charge is 2.26. The van der Waals surface area contributed by atoms with Gasteiger partial charge in [-0.25, -0.2) is 9.59 Å². The zero-order valence-electron chi connectivity index (χ0n) is 18.1. The van der Waals surface area contributed by atoms with Gasteiger partial charge in [-0.2, -0.15) is 0 Å². The molecule has 1 aromatic rings. The normalized spacial score (nSPS) is 12.5. The number of rotatable bonds is 12. The summed E-state index contributed by atoms with van der Waals surface area (Å²) in [5, 5.41) is 5.16. The molecule has 31 heavy (non-hydrogen) atoms. The van der Waals surface area contributed by atoms with Crippen LogP contribution in [0, 0.1) is 0 Å². The minimum Gasteiger partial charge on any atom is -0.497 e. The van der Waals surface area contributed by atoms with E-state index in [-0.39, 0.29) is 27.9 Å². The molecule has 0 saturated heterocycles. The molecule has 9 nitrogen and oxygen atoms in total. The molecule has 0 fully saturated rings. The summed E-state index contributed by atoms with van der Waals surface area (Å²) in [6, 6.07) is 5.73. The van der Waals surface area contributed by atoms with Gasteiger partial charge in [-0.15, -0.1) is 23.5 Å². The Morgan fingerprint density at radius 1 is 0.806 bits per heavy atom. The molecule has 1 aromatic carbocycles. The Balaban J connectivity index is 3.01. The maximum absolute atomic E-state index is 12.0.